The molecule has 0 amide bonds. The zero-order valence-corrected chi connectivity index (χ0v) is 11.6. The summed E-state index contributed by atoms with van der Waals surface area (Å²) in [5.74, 6) is 0.219. The quantitative estimate of drug-likeness (QED) is 0.772. The molecular formula is C12H18N2O3S. The van der Waals surface area contributed by atoms with Gasteiger partial charge in [0, 0.05) is 41.6 Å². The first-order valence-electron chi connectivity index (χ1n) is 5.59. The number of methoxy groups -OCH3 is 1. The van der Waals surface area contributed by atoms with Crippen molar-refractivity contribution in [1.82, 2.24) is 10.3 Å². The van der Waals surface area contributed by atoms with Gasteiger partial charge in [-0.05, 0) is 19.1 Å². The summed E-state index contributed by atoms with van der Waals surface area (Å²) in [5.41, 5.74) is 1.26. The molecule has 0 aliphatic carbocycles. The summed E-state index contributed by atoms with van der Waals surface area (Å²) in [4.78, 5) is 15.4. The van der Waals surface area contributed by atoms with Gasteiger partial charge in [0.15, 0.2) is 0 Å². The molecule has 0 saturated carbocycles. The van der Waals surface area contributed by atoms with Crippen molar-refractivity contribution in [3.63, 3.8) is 0 Å². The van der Waals surface area contributed by atoms with Crippen molar-refractivity contribution in [2.75, 3.05) is 19.1 Å². The summed E-state index contributed by atoms with van der Waals surface area (Å²) in [6.45, 7) is 2.56. The highest BCUT2D eigenvalue weighted by molar-refractivity contribution is 7.84. The van der Waals surface area contributed by atoms with Gasteiger partial charge in [-0.15, -0.1) is 0 Å². The van der Waals surface area contributed by atoms with Crippen LogP contribution in [0, 0.1) is 0 Å². The van der Waals surface area contributed by atoms with Crippen LogP contribution in [-0.4, -0.2) is 40.3 Å². The predicted molar refractivity (Wildman–Crippen MR) is 70.8 cm³/mol. The minimum absolute atomic E-state index is 0.165. The number of esters is 1. The fourth-order valence-electron chi connectivity index (χ4n) is 1.46. The van der Waals surface area contributed by atoms with Crippen LogP contribution in [0.15, 0.2) is 18.3 Å². The van der Waals surface area contributed by atoms with Gasteiger partial charge < -0.3 is 10.1 Å². The van der Waals surface area contributed by atoms with Gasteiger partial charge in [-0.25, -0.2) is 4.79 Å². The molecule has 5 nitrogen and oxygen atoms in total. The first-order chi connectivity index (χ1) is 8.52. The summed E-state index contributed by atoms with van der Waals surface area (Å²) >= 11 is 0. The fraction of sp³-hybridized carbons (Fsp3) is 0.500. The fourth-order valence-corrected chi connectivity index (χ4v) is 2.28. The van der Waals surface area contributed by atoms with Crippen LogP contribution in [0.4, 0.5) is 0 Å². The molecule has 0 aliphatic heterocycles. The van der Waals surface area contributed by atoms with Crippen LogP contribution >= 0.6 is 0 Å². The Hall–Kier alpha value is -1.27. The van der Waals surface area contributed by atoms with E-state index >= 15 is 0 Å². The summed E-state index contributed by atoms with van der Waals surface area (Å²) in [7, 11) is 0.529. The van der Waals surface area contributed by atoms with Crippen molar-refractivity contribution >= 4 is 16.8 Å². The Morgan fingerprint density at radius 3 is 2.78 bits per heavy atom. The molecule has 1 aromatic heterocycles. The molecule has 0 aromatic carbocycles. The molecule has 0 bridgehead atoms. The summed E-state index contributed by atoms with van der Waals surface area (Å²) in [6, 6.07) is 3.62. The van der Waals surface area contributed by atoms with E-state index in [-0.39, 0.29) is 6.04 Å². The molecule has 1 aromatic rings. The van der Waals surface area contributed by atoms with Crippen molar-refractivity contribution in [1.29, 1.82) is 0 Å². The first-order valence-corrected chi connectivity index (χ1v) is 7.32. The Balaban J connectivity index is 2.49. The van der Waals surface area contributed by atoms with Crippen LogP contribution in [0.2, 0.25) is 0 Å². The smallest absolute Gasteiger partial charge is 0.339 e. The maximum absolute atomic E-state index is 11.2. The third-order valence-corrected chi connectivity index (χ3v) is 3.33. The van der Waals surface area contributed by atoms with Gasteiger partial charge in [0.2, 0.25) is 0 Å². The third kappa shape index (κ3) is 4.93. The first kappa shape index (κ1) is 14.8. The van der Waals surface area contributed by atoms with Gasteiger partial charge in [0.05, 0.1) is 18.4 Å². The number of rotatable bonds is 6. The van der Waals surface area contributed by atoms with E-state index in [2.05, 4.69) is 15.0 Å². The minimum Gasteiger partial charge on any atom is -0.465 e. The van der Waals surface area contributed by atoms with E-state index in [1.165, 1.54) is 13.3 Å². The van der Waals surface area contributed by atoms with Gasteiger partial charge in [-0.2, -0.15) is 0 Å². The van der Waals surface area contributed by atoms with Gasteiger partial charge in [-0.3, -0.25) is 9.19 Å². The largest absolute Gasteiger partial charge is 0.465 e. The van der Waals surface area contributed by atoms with E-state index in [0.717, 1.165) is 5.69 Å². The van der Waals surface area contributed by atoms with E-state index in [9.17, 15) is 9.00 Å². The van der Waals surface area contributed by atoms with Crippen LogP contribution in [0.5, 0.6) is 0 Å². The second-order valence-corrected chi connectivity index (χ2v) is 5.53. The Bertz CT molecular complexity index is 420. The SMILES string of the molecule is COC(=O)c1ccc(CNC(C)CS(C)=O)nc1. The molecule has 0 aliphatic rings. The topological polar surface area (TPSA) is 68.3 Å². The molecule has 6 heteroatoms. The average Bonchev–Trinajstić information content (AvgIpc) is 2.35. The van der Waals surface area contributed by atoms with Crippen molar-refractivity contribution in [3.8, 4) is 0 Å². The van der Waals surface area contributed by atoms with Gasteiger partial charge >= 0.3 is 5.97 Å². The standard InChI is InChI=1S/C12H18N2O3S/c1-9(8-18(3)16)13-7-11-5-4-10(6-14-11)12(15)17-2/h4-6,9,13H,7-8H2,1-3H3. The summed E-state index contributed by atoms with van der Waals surface area (Å²) in [6.07, 6.45) is 3.17. The Kier molecular flexibility index (Phi) is 5.94. The number of carbonyl (C=O) groups excluding carboxylic acids is 1. The lowest BCUT2D eigenvalue weighted by molar-refractivity contribution is 0.0600. The zero-order chi connectivity index (χ0) is 13.5. The number of nitrogens with zero attached hydrogens (tertiary/aromatic N) is 1. The van der Waals surface area contributed by atoms with E-state index in [1.807, 2.05) is 6.92 Å². The van der Waals surface area contributed by atoms with E-state index in [4.69, 9.17) is 0 Å². The number of hydrogen-bond donors (Lipinski definition) is 1. The van der Waals surface area contributed by atoms with Crippen molar-refractivity contribution in [2.24, 2.45) is 0 Å². The Morgan fingerprint density at radius 1 is 1.56 bits per heavy atom. The van der Waals surface area contributed by atoms with Crippen LogP contribution in [0.3, 0.4) is 0 Å². The van der Waals surface area contributed by atoms with Crippen LogP contribution in [0.25, 0.3) is 0 Å². The van der Waals surface area contributed by atoms with Crippen LogP contribution < -0.4 is 5.32 Å². The lowest BCUT2D eigenvalue weighted by Gasteiger charge is -2.11. The highest BCUT2D eigenvalue weighted by Gasteiger charge is 2.07. The van der Waals surface area contributed by atoms with E-state index < -0.39 is 16.8 Å². The molecule has 0 fully saturated rings. The maximum atomic E-state index is 11.2. The third-order valence-electron chi connectivity index (χ3n) is 2.36. The molecule has 2 atom stereocenters. The van der Waals surface area contributed by atoms with Crippen LogP contribution in [-0.2, 0) is 22.1 Å². The highest BCUT2D eigenvalue weighted by atomic mass is 32.2. The second-order valence-electron chi connectivity index (χ2n) is 4.05. The Morgan fingerprint density at radius 2 is 2.28 bits per heavy atom. The predicted octanol–water partition coefficient (Wildman–Crippen LogP) is 0.725. The molecule has 2 unspecified atom stereocenters. The van der Waals surface area contributed by atoms with Crippen molar-refractivity contribution in [3.05, 3.63) is 29.6 Å². The molecule has 18 heavy (non-hydrogen) atoms. The van der Waals surface area contributed by atoms with E-state index in [1.54, 1.807) is 18.4 Å². The number of carbonyl (C=O) groups is 1. The number of aromatic nitrogens is 1. The van der Waals surface area contributed by atoms with E-state index in [0.29, 0.717) is 17.9 Å². The molecule has 1 N–H and O–H groups in total. The molecule has 0 saturated heterocycles. The molecule has 100 valence electrons. The molecule has 0 spiro atoms. The van der Waals surface area contributed by atoms with Crippen molar-refractivity contribution in [2.45, 2.75) is 19.5 Å². The second kappa shape index (κ2) is 7.23. The number of hydrogen-bond acceptors (Lipinski definition) is 5. The lowest BCUT2D eigenvalue weighted by Crippen LogP contribution is -2.30. The highest BCUT2D eigenvalue weighted by Crippen LogP contribution is 2.02. The molecule has 1 heterocycles. The normalized spacial score (nSPS) is 13.9. The maximum Gasteiger partial charge on any atom is 0.339 e. The number of ether oxygens (including phenoxy) is 1. The molecule has 1 rings (SSSR count). The zero-order valence-electron chi connectivity index (χ0n) is 10.8. The summed E-state index contributed by atoms with van der Waals surface area (Å²) < 4.78 is 15.6. The molecular weight excluding hydrogens is 252 g/mol. The van der Waals surface area contributed by atoms with Crippen molar-refractivity contribution < 1.29 is 13.7 Å². The van der Waals surface area contributed by atoms with Gasteiger partial charge in [-0.1, -0.05) is 0 Å². The monoisotopic (exact) mass is 270 g/mol. The average molecular weight is 270 g/mol. The minimum atomic E-state index is -0.809. The molecule has 0 radical (unpaired) electrons. The summed E-state index contributed by atoms with van der Waals surface area (Å²) in [5, 5.41) is 3.22. The van der Waals surface area contributed by atoms with Crippen LogP contribution in [0.1, 0.15) is 23.0 Å². The van der Waals surface area contributed by atoms with Gasteiger partial charge in [0.25, 0.3) is 0 Å². The Labute approximate surface area is 109 Å². The number of nitrogens with one attached hydrogen (secondary N) is 1. The lowest BCUT2D eigenvalue weighted by atomic mass is 10.2. The van der Waals surface area contributed by atoms with Gasteiger partial charge in [0.1, 0.15) is 0 Å². The number of pyridine rings is 1.